The maximum atomic E-state index is 12.1. The summed E-state index contributed by atoms with van der Waals surface area (Å²) in [6, 6.07) is -0.393. The van der Waals surface area contributed by atoms with E-state index in [4.69, 9.17) is 0 Å². The minimum absolute atomic E-state index is 0.160. The minimum atomic E-state index is -3.51. The van der Waals surface area contributed by atoms with Crippen LogP contribution in [0.25, 0.3) is 0 Å². The van der Waals surface area contributed by atoms with Crippen LogP contribution in [0.5, 0.6) is 0 Å². The lowest BCUT2D eigenvalue weighted by molar-refractivity contribution is 0.198. The van der Waals surface area contributed by atoms with Crippen LogP contribution in [0.3, 0.4) is 0 Å². The van der Waals surface area contributed by atoms with E-state index in [0.717, 1.165) is 8.61 Å². The summed E-state index contributed by atoms with van der Waals surface area (Å²) in [5.41, 5.74) is 0. The van der Waals surface area contributed by atoms with Crippen molar-refractivity contribution in [1.82, 2.24) is 17.2 Å². The smallest absolute Gasteiger partial charge is 0.195 e. The molecule has 0 aromatic carbocycles. The Morgan fingerprint density at radius 1 is 0.895 bits per heavy atom. The molecule has 1 fully saturated rings. The Kier molecular flexibility index (Phi) is 4.97. The fourth-order valence-corrected chi connectivity index (χ4v) is 4.33. The fraction of sp³-hybridized carbons (Fsp3) is 1.00. The SMILES string of the molecule is C[C@@H]1CN(S(=O)(=O)N(C)C)CCN1S(=O)(=O)N(C)C. The van der Waals surface area contributed by atoms with Crippen LogP contribution in [-0.2, 0) is 20.4 Å². The molecule has 0 amide bonds. The number of nitrogens with zero attached hydrogens (tertiary/aromatic N) is 4. The van der Waals surface area contributed by atoms with E-state index >= 15 is 0 Å². The Balaban J connectivity index is 2.90. The molecule has 1 heterocycles. The summed E-state index contributed by atoms with van der Waals surface area (Å²) in [5.74, 6) is 0. The van der Waals surface area contributed by atoms with Crippen LogP contribution in [0.15, 0.2) is 0 Å². The van der Waals surface area contributed by atoms with E-state index < -0.39 is 26.5 Å². The highest BCUT2D eigenvalue weighted by Gasteiger charge is 2.38. The van der Waals surface area contributed by atoms with E-state index in [1.54, 1.807) is 6.92 Å². The normalized spacial score (nSPS) is 24.3. The van der Waals surface area contributed by atoms with Crippen LogP contribution in [-0.4, -0.2) is 87.9 Å². The van der Waals surface area contributed by atoms with E-state index in [2.05, 4.69) is 0 Å². The van der Waals surface area contributed by atoms with Crippen molar-refractivity contribution < 1.29 is 16.8 Å². The zero-order valence-corrected chi connectivity index (χ0v) is 13.6. The molecule has 1 aliphatic heterocycles. The molecule has 1 saturated heterocycles. The summed E-state index contributed by atoms with van der Waals surface area (Å²) >= 11 is 0. The Hall–Kier alpha value is -0.260. The van der Waals surface area contributed by atoms with Gasteiger partial charge in [0, 0.05) is 53.9 Å². The molecule has 0 radical (unpaired) electrons. The molecule has 0 aliphatic carbocycles. The Morgan fingerprint density at radius 2 is 1.37 bits per heavy atom. The topological polar surface area (TPSA) is 81.2 Å². The molecule has 114 valence electrons. The van der Waals surface area contributed by atoms with E-state index in [1.165, 1.54) is 36.8 Å². The zero-order chi connectivity index (χ0) is 15.0. The van der Waals surface area contributed by atoms with Crippen molar-refractivity contribution in [3.8, 4) is 0 Å². The molecule has 0 saturated carbocycles. The number of piperazine rings is 1. The third-order valence-electron chi connectivity index (χ3n) is 3.07. The van der Waals surface area contributed by atoms with E-state index in [-0.39, 0.29) is 19.6 Å². The first-order valence-corrected chi connectivity index (χ1v) is 8.67. The second kappa shape index (κ2) is 5.62. The van der Waals surface area contributed by atoms with Crippen molar-refractivity contribution in [2.45, 2.75) is 13.0 Å². The Bertz CT molecular complexity index is 514. The number of hydrogen-bond donors (Lipinski definition) is 0. The molecule has 0 spiro atoms. The van der Waals surface area contributed by atoms with Crippen LogP contribution in [0.4, 0.5) is 0 Å². The molecular weight excluding hydrogens is 292 g/mol. The molecule has 1 rings (SSSR count). The largest absolute Gasteiger partial charge is 0.281 e. The summed E-state index contributed by atoms with van der Waals surface area (Å²) < 4.78 is 53.0. The van der Waals surface area contributed by atoms with Gasteiger partial charge in [-0.1, -0.05) is 0 Å². The van der Waals surface area contributed by atoms with Crippen LogP contribution < -0.4 is 0 Å². The van der Waals surface area contributed by atoms with Gasteiger partial charge in [0.25, 0.3) is 20.4 Å². The fourth-order valence-electron chi connectivity index (χ4n) is 1.90. The summed E-state index contributed by atoms with van der Waals surface area (Å²) in [5, 5.41) is 0. The van der Waals surface area contributed by atoms with Crippen LogP contribution in [0.1, 0.15) is 6.92 Å². The molecule has 0 N–H and O–H groups in total. The standard InChI is InChI=1S/C9H22N4O4S2/c1-9-8-12(18(14,15)10(2)3)6-7-13(9)19(16,17)11(4)5/h9H,6-8H2,1-5H3/t9-/m1/s1. The van der Waals surface area contributed by atoms with Gasteiger partial charge in [0.2, 0.25) is 0 Å². The van der Waals surface area contributed by atoms with Gasteiger partial charge >= 0.3 is 0 Å². The second-order valence-corrected chi connectivity index (χ2v) is 9.14. The highest BCUT2D eigenvalue weighted by Crippen LogP contribution is 2.18. The van der Waals surface area contributed by atoms with Crippen molar-refractivity contribution >= 4 is 20.4 Å². The number of hydrogen-bond acceptors (Lipinski definition) is 4. The first kappa shape index (κ1) is 16.8. The maximum Gasteiger partial charge on any atom is 0.281 e. The molecule has 19 heavy (non-hydrogen) atoms. The van der Waals surface area contributed by atoms with Crippen molar-refractivity contribution in [2.75, 3.05) is 47.8 Å². The molecule has 8 nitrogen and oxygen atoms in total. The van der Waals surface area contributed by atoms with Gasteiger partial charge in [0.05, 0.1) is 0 Å². The highest BCUT2D eigenvalue weighted by atomic mass is 32.2. The summed E-state index contributed by atoms with van der Waals surface area (Å²) in [4.78, 5) is 0. The predicted octanol–water partition coefficient (Wildman–Crippen LogP) is -1.39. The highest BCUT2D eigenvalue weighted by molar-refractivity contribution is 7.87. The third kappa shape index (κ3) is 3.26. The third-order valence-corrected chi connectivity index (χ3v) is 7.04. The first-order chi connectivity index (χ1) is 8.51. The van der Waals surface area contributed by atoms with E-state index in [0.29, 0.717) is 0 Å². The van der Waals surface area contributed by atoms with Crippen molar-refractivity contribution in [2.24, 2.45) is 0 Å². The van der Waals surface area contributed by atoms with Gasteiger partial charge in [-0.15, -0.1) is 0 Å². The molecule has 0 unspecified atom stereocenters. The van der Waals surface area contributed by atoms with Crippen LogP contribution in [0, 0.1) is 0 Å². The summed E-state index contributed by atoms with van der Waals surface area (Å²) in [6.07, 6.45) is 0. The summed E-state index contributed by atoms with van der Waals surface area (Å²) in [6.45, 7) is 2.19. The van der Waals surface area contributed by atoms with Crippen molar-refractivity contribution in [3.05, 3.63) is 0 Å². The van der Waals surface area contributed by atoms with Crippen molar-refractivity contribution in [3.63, 3.8) is 0 Å². The number of rotatable bonds is 4. The lowest BCUT2D eigenvalue weighted by Crippen LogP contribution is -2.58. The lowest BCUT2D eigenvalue weighted by atomic mass is 10.3. The van der Waals surface area contributed by atoms with E-state index in [1.807, 2.05) is 0 Å². The minimum Gasteiger partial charge on any atom is -0.195 e. The van der Waals surface area contributed by atoms with Gasteiger partial charge in [0.15, 0.2) is 0 Å². The quantitative estimate of drug-likeness (QED) is 0.639. The van der Waals surface area contributed by atoms with Crippen molar-refractivity contribution in [1.29, 1.82) is 0 Å². The Morgan fingerprint density at radius 3 is 1.74 bits per heavy atom. The monoisotopic (exact) mass is 314 g/mol. The molecule has 0 bridgehead atoms. The van der Waals surface area contributed by atoms with Gasteiger partial charge in [0.1, 0.15) is 0 Å². The van der Waals surface area contributed by atoms with Gasteiger partial charge in [-0.2, -0.15) is 34.1 Å². The average molecular weight is 314 g/mol. The van der Waals surface area contributed by atoms with Crippen LogP contribution in [0.2, 0.25) is 0 Å². The summed E-state index contributed by atoms with van der Waals surface area (Å²) in [7, 11) is -1.15. The van der Waals surface area contributed by atoms with Crippen LogP contribution >= 0.6 is 0 Å². The Labute approximate surface area is 115 Å². The van der Waals surface area contributed by atoms with Gasteiger partial charge in [-0.3, -0.25) is 0 Å². The molecule has 10 heteroatoms. The lowest BCUT2D eigenvalue weighted by Gasteiger charge is -2.39. The zero-order valence-electron chi connectivity index (χ0n) is 11.9. The molecule has 1 atom stereocenters. The first-order valence-electron chi connectivity index (χ1n) is 5.88. The molecule has 1 aliphatic rings. The van der Waals surface area contributed by atoms with E-state index in [9.17, 15) is 16.8 Å². The second-order valence-electron chi connectivity index (χ2n) is 4.90. The van der Waals surface area contributed by atoms with Gasteiger partial charge in [-0.25, -0.2) is 0 Å². The van der Waals surface area contributed by atoms with Gasteiger partial charge in [-0.05, 0) is 6.92 Å². The molecule has 0 aromatic rings. The average Bonchev–Trinajstić information content (AvgIpc) is 2.27. The molecule has 0 aromatic heterocycles. The predicted molar refractivity (Wildman–Crippen MR) is 73.0 cm³/mol. The maximum absolute atomic E-state index is 12.1. The molecular formula is C9H22N4O4S2. The van der Waals surface area contributed by atoms with Gasteiger partial charge < -0.3 is 0 Å².